The number of benzene rings is 1. The molecule has 0 atom stereocenters. The average Bonchev–Trinajstić information content (AvgIpc) is 2.56. The lowest BCUT2D eigenvalue weighted by molar-refractivity contribution is -0.115. The number of nitrogens with two attached hydrogens (primary N) is 2. The van der Waals surface area contributed by atoms with E-state index < -0.39 is 17.4 Å². The number of carbonyl (C=O) groups excluding carboxylic acids is 2. The number of aromatic nitrogens is 2. The molecule has 24 heavy (non-hydrogen) atoms. The Bertz CT molecular complexity index is 819. The van der Waals surface area contributed by atoms with Crippen molar-refractivity contribution in [2.45, 2.75) is 5.16 Å². The van der Waals surface area contributed by atoms with E-state index in [0.29, 0.717) is 11.3 Å². The quantitative estimate of drug-likeness (QED) is 0.429. The van der Waals surface area contributed by atoms with Crippen LogP contribution in [0.15, 0.2) is 34.2 Å². The van der Waals surface area contributed by atoms with Crippen molar-refractivity contribution in [3.8, 4) is 5.75 Å². The maximum atomic E-state index is 12.2. The lowest BCUT2D eigenvalue weighted by atomic mass is 10.2. The Morgan fingerprint density at radius 3 is 2.54 bits per heavy atom. The second-order valence-electron chi connectivity index (χ2n) is 4.57. The van der Waals surface area contributed by atoms with E-state index in [1.807, 2.05) is 0 Å². The van der Waals surface area contributed by atoms with Crippen LogP contribution in [0.25, 0.3) is 0 Å². The Balaban J connectivity index is 2.18. The standard InChI is InChI=1S/C14H15N5O4S/c1-23-8-4-2-7(3-5-8)12(21)17-10-11(16)18-14(19-13(10)22)24-6-9(15)20/h2-5H,6H2,1H3,(H2,15,20)(H,17,21)(H3,16,18,19,22). The number of anilines is 2. The summed E-state index contributed by atoms with van der Waals surface area (Å²) in [7, 11) is 1.51. The first-order valence-corrected chi connectivity index (χ1v) is 7.65. The summed E-state index contributed by atoms with van der Waals surface area (Å²) in [5.74, 6) is -0.693. The van der Waals surface area contributed by atoms with Crippen molar-refractivity contribution in [2.24, 2.45) is 5.73 Å². The molecule has 0 radical (unpaired) electrons. The van der Waals surface area contributed by atoms with Crippen molar-refractivity contribution in [1.29, 1.82) is 0 Å². The number of nitrogens with one attached hydrogen (secondary N) is 2. The van der Waals surface area contributed by atoms with Crippen molar-refractivity contribution in [1.82, 2.24) is 9.97 Å². The molecule has 0 aliphatic rings. The van der Waals surface area contributed by atoms with E-state index in [9.17, 15) is 14.4 Å². The van der Waals surface area contributed by atoms with Gasteiger partial charge in [-0.25, -0.2) is 4.98 Å². The smallest absolute Gasteiger partial charge is 0.277 e. The Hall–Kier alpha value is -3.01. The second kappa shape index (κ2) is 7.51. The van der Waals surface area contributed by atoms with Crippen LogP contribution in [0.2, 0.25) is 0 Å². The molecule has 1 aromatic carbocycles. The third-order valence-electron chi connectivity index (χ3n) is 2.87. The minimum absolute atomic E-state index is 0.0556. The van der Waals surface area contributed by atoms with Gasteiger partial charge in [0.2, 0.25) is 5.91 Å². The summed E-state index contributed by atoms with van der Waals surface area (Å²) in [5, 5.41) is 2.55. The van der Waals surface area contributed by atoms with E-state index in [-0.39, 0.29) is 22.4 Å². The maximum absolute atomic E-state index is 12.2. The number of hydrogen-bond acceptors (Lipinski definition) is 7. The molecule has 0 aliphatic carbocycles. The SMILES string of the molecule is COc1ccc(C(=O)Nc2c(N)nc(SCC(N)=O)[nH]c2=O)cc1. The van der Waals surface area contributed by atoms with E-state index in [1.165, 1.54) is 7.11 Å². The molecular formula is C14H15N5O4S. The summed E-state index contributed by atoms with van der Waals surface area (Å²) >= 11 is 0.937. The van der Waals surface area contributed by atoms with E-state index in [4.69, 9.17) is 16.2 Å². The Morgan fingerprint density at radius 1 is 1.33 bits per heavy atom. The number of ether oxygens (including phenoxy) is 1. The third kappa shape index (κ3) is 4.26. The number of aromatic amines is 1. The summed E-state index contributed by atoms with van der Waals surface area (Å²) in [5.41, 5.74) is 10.3. The van der Waals surface area contributed by atoms with E-state index in [2.05, 4.69) is 15.3 Å². The van der Waals surface area contributed by atoms with Gasteiger partial charge in [0.05, 0.1) is 12.9 Å². The molecule has 2 rings (SSSR count). The van der Waals surface area contributed by atoms with Crippen LogP contribution in [-0.4, -0.2) is 34.6 Å². The highest BCUT2D eigenvalue weighted by Crippen LogP contribution is 2.17. The fourth-order valence-corrected chi connectivity index (χ4v) is 2.33. The number of nitrogen functional groups attached to an aromatic ring is 1. The van der Waals surface area contributed by atoms with Crippen LogP contribution in [0.1, 0.15) is 10.4 Å². The third-order valence-corrected chi connectivity index (χ3v) is 3.76. The molecule has 1 heterocycles. The van der Waals surface area contributed by atoms with Crippen LogP contribution in [-0.2, 0) is 4.79 Å². The minimum atomic E-state index is -0.628. The molecule has 1 aromatic heterocycles. The molecule has 0 saturated carbocycles. The maximum Gasteiger partial charge on any atom is 0.277 e. The topological polar surface area (TPSA) is 153 Å². The van der Waals surface area contributed by atoms with Gasteiger partial charge in [0.1, 0.15) is 11.4 Å². The van der Waals surface area contributed by atoms with Gasteiger partial charge in [-0.2, -0.15) is 0 Å². The molecule has 0 fully saturated rings. The number of carbonyl (C=O) groups is 2. The van der Waals surface area contributed by atoms with Gasteiger partial charge in [-0.3, -0.25) is 19.4 Å². The van der Waals surface area contributed by atoms with E-state index in [0.717, 1.165) is 11.8 Å². The monoisotopic (exact) mass is 349 g/mol. The Labute approximate surface area is 140 Å². The van der Waals surface area contributed by atoms with Crippen molar-refractivity contribution < 1.29 is 14.3 Å². The Kier molecular flexibility index (Phi) is 5.42. The predicted molar refractivity (Wildman–Crippen MR) is 90.1 cm³/mol. The first-order chi connectivity index (χ1) is 11.4. The van der Waals surface area contributed by atoms with Crippen LogP contribution in [0.3, 0.4) is 0 Å². The van der Waals surface area contributed by atoms with Gasteiger partial charge in [0, 0.05) is 5.56 Å². The molecule has 0 bridgehead atoms. The van der Waals surface area contributed by atoms with Crippen molar-refractivity contribution in [2.75, 3.05) is 23.9 Å². The minimum Gasteiger partial charge on any atom is -0.497 e. The van der Waals surface area contributed by atoms with Gasteiger partial charge in [-0.15, -0.1) is 0 Å². The molecule has 9 nitrogen and oxygen atoms in total. The van der Waals surface area contributed by atoms with E-state index in [1.54, 1.807) is 24.3 Å². The lowest BCUT2D eigenvalue weighted by Crippen LogP contribution is -2.23. The molecule has 2 amide bonds. The van der Waals surface area contributed by atoms with Crippen molar-refractivity contribution in [3.05, 3.63) is 40.2 Å². The summed E-state index contributed by atoms with van der Waals surface area (Å²) in [6, 6.07) is 6.32. The van der Waals surface area contributed by atoms with Gasteiger partial charge in [-0.05, 0) is 24.3 Å². The predicted octanol–water partition coefficient (Wildman–Crippen LogP) is 0.190. The largest absolute Gasteiger partial charge is 0.497 e. The Morgan fingerprint density at radius 2 is 2.00 bits per heavy atom. The van der Waals surface area contributed by atoms with Gasteiger partial charge >= 0.3 is 0 Å². The number of methoxy groups -OCH3 is 1. The van der Waals surface area contributed by atoms with Crippen LogP contribution in [0.4, 0.5) is 11.5 Å². The highest BCUT2D eigenvalue weighted by molar-refractivity contribution is 7.99. The van der Waals surface area contributed by atoms with Crippen LogP contribution in [0.5, 0.6) is 5.75 Å². The second-order valence-corrected chi connectivity index (χ2v) is 5.53. The van der Waals surface area contributed by atoms with Gasteiger partial charge in [-0.1, -0.05) is 11.8 Å². The number of rotatable bonds is 6. The number of amides is 2. The van der Waals surface area contributed by atoms with Crippen molar-refractivity contribution in [3.63, 3.8) is 0 Å². The zero-order valence-electron chi connectivity index (χ0n) is 12.7. The summed E-state index contributed by atoms with van der Waals surface area (Å²) in [6.07, 6.45) is 0. The molecule has 126 valence electrons. The highest BCUT2D eigenvalue weighted by atomic mass is 32.2. The van der Waals surface area contributed by atoms with Gasteiger partial charge < -0.3 is 21.5 Å². The zero-order chi connectivity index (χ0) is 17.7. The zero-order valence-corrected chi connectivity index (χ0v) is 13.5. The molecule has 6 N–H and O–H groups in total. The lowest BCUT2D eigenvalue weighted by Gasteiger charge is -2.08. The highest BCUT2D eigenvalue weighted by Gasteiger charge is 2.14. The van der Waals surface area contributed by atoms with Gasteiger partial charge in [0.25, 0.3) is 11.5 Å². The van der Waals surface area contributed by atoms with Crippen molar-refractivity contribution >= 4 is 35.1 Å². The number of thioether (sulfide) groups is 1. The molecule has 10 heteroatoms. The number of primary amides is 1. The first kappa shape index (κ1) is 17.3. The normalized spacial score (nSPS) is 10.2. The number of H-pyrrole nitrogens is 1. The fourth-order valence-electron chi connectivity index (χ4n) is 1.73. The summed E-state index contributed by atoms with van der Waals surface area (Å²) in [6.45, 7) is 0. The molecule has 0 unspecified atom stereocenters. The summed E-state index contributed by atoms with van der Waals surface area (Å²) < 4.78 is 5.01. The molecule has 0 saturated heterocycles. The number of nitrogens with zero attached hydrogens (tertiary/aromatic N) is 1. The first-order valence-electron chi connectivity index (χ1n) is 6.67. The molecule has 2 aromatic rings. The van der Waals surface area contributed by atoms with Crippen LogP contribution >= 0.6 is 11.8 Å². The summed E-state index contributed by atoms with van der Waals surface area (Å²) in [4.78, 5) is 41.3. The average molecular weight is 349 g/mol. The van der Waals surface area contributed by atoms with Crippen LogP contribution < -0.4 is 27.1 Å². The van der Waals surface area contributed by atoms with Crippen LogP contribution in [0, 0.1) is 0 Å². The molecular weight excluding hydrogens is 334 g/mol. The molecule has 0 spiro atoms. The molecule has 0 aliphatic heterocycles. The fraction of sp³-hybridized carbons (Fsp3) is 0.143. The number of hydrogen-bond donors (Lipinski definition) is 4. The van der Waals surface area contributed by atoms with Gasteiger partial charge in [0.15, 0.2) is 11.0 Å². The van der Waals surface area contributed by atoms with E-state index >= 15 is 0 Å².